The molecule has 6 aliphatic heterocycles. The van der Waals surface area contributed by atoms with Crippen molar-refractivity contribution in [2.75, 3.05) is 32.7 Å². The highest BCUT2D eigenvalue weighted by Gasteiger charge is 2.51. The summed E-state index contributed by atoms with van der Waals surface area (Å²) in [4.78, 5) is 137. The Kier molecular flexibility index (Phi) is 24.4. The van der Waals surface area contributed by atoms with Crippen molar-refractivity contribution in [3.8, 4) is 62.9 Å². The average molecular weight is 1620 g/mol. The lowest BCUT2D eigenvalue weighted by molar-refractivity contribution is -0.270. The van der Waals surface area contributed by atoms with Crippen molar-refractivity contribution in [3.05, 3.63) is 141 Å². The number of anilines is 1. The van der Waals surface area contributed by atoms with E-state index in [4.69, 9.17) is 52.6 Å². The highest BCUT2D eigenvalue weighted by molar-refractivity contribution is 6.32. The van der Waals surface area contributed by atoms with E-state index in [1.807, 2.05) is 13.8 Å². The number of imide groups is 1. The normalized spacial score (nSPS) is 28.0. The van der Waals surface area contributed by atoms with Gasteiger partial charge in [0, 0.05) is 35.5 Å². The standard InChI is InChI=1S/C78H88Cl2N12O22/c1-31(2)15-47(83-4)70(102)91-62-64(97)35-6-13-51(45(79)22-35)111-53-24-39-25-54(69(53)114-77-68(101)67(100)66(99)55(29-81)113-77)112-52-14-7-36(23-46(52)80)65(98)63-76(108)90-61(74(106)87-58-37-17-32-16-33(19-37)20-38(58)18-32)44-26-41(93)27-50(95)57(44)43-21-34(5-12-49(43)94)59(72(104)92-63)89-73(105)60(39)88-71(103)48(85-75(62)107)28-56(96)86-78(109)84-40-8-10-42(11-9-40)110-30-82-3/h5-14,21-27,31-33,37-38,47-48,55,58-68,77,82-83,93-95,97-101H,15-20,28-30,81H2,1-4H3,(H,85,107)(H,87,106)(H,88,103)(H,89,105)(H,90,108)(H,91,102)(H,92,104)(H2,84,86,96,109)/t32?,33?,37?,38?,47-,48+,55-,58?,59-,60-,61+,62-,63+,64-,65-,66-,67+,68-,77+/m1/s1. The van der Waals surface area contributed by atoms with Crippen molar-refractivity contribution in [1.29, 1.82) is 0 Å². The second-order valence-electron chi connectivity index (χ2n) is 30.1. The maximum absolute atomic E-state index is 16.4. The van der Waals surface area contributed by atoms with Crippen LogP contribution in [0.3, 0.4) is 0 Å². The third-order valence-electron chi connectivity index (χ3n) is 21.7. The number of aliphatic hydroxyl groups excluding tert-OH is 5. The van der Waals surface area contributed by atoms with Gasteiger partial charge in [0.2, 0.25) is 59.3 Å². The van der Waals surface area contributed by atoms with Gasteiger partial charge in [0.05, 0.1) is 22.5 Å². The Balaban J connectivity index is 0.991. The minimum absolute atomic E-state index is 0.0695. The van der Waals surface area contributed by atoms with E-state index in [9.17, 15) is 55.2 Å². The lowest BCUT2D eigenvalue weighted by atomic mass is 9.54. The summed E-state index contributed by atoms with van der Waals surface area (Å²) in [5.74, 6) is -13.0. The van der Waals surface area contributed by atoms with Crippen LogP contribution < -0.4 is 83.2 Å². The van der Waals surface area contributed by atoms with Crippen LogP contribution in [0.2, 0.25) is 10.0 Å². The van der Waals surface area contributed by atoms with Gasteiger partial charge in [-0.2, -0.15) is 0 Å². The van der Waals surface area contributed by atoms with E-state index in [0.717, 1.165) is 86.7 Å². The number of aromatic hydroxyl groups is 3. The van der Waals surface area contributed by atoms with Gasteiger partial charge in [0.25, 0.3) is 0 Å². The molecule has 15 bridgehead atoms. The fraction of sp³-hybridized carbons (Fsp3) is 0.423. The van der Waals surface area contributed by atoms with Crippen LogP contribution in [-0.4, -0.2) is 182 Å². The number of fused-ring (bicyclic) bond motifs is 15. The number of carbonyl (C=O) groups is 9. The van der Waals surface area contributed by atoms with E-state index < -0.39 is 197 Å². The van der Waals surface area contributed by atoms with E-state index in [-0.39, 0.29) is 92.5 Å². The predicted octanol–water partition coefficient (Wildman–Crippen LogP) is 3.11. The Morgan fingerprint density at radius 3 is 1.85 bits per heavy atom. The molecule has 16 rings (SSSR count). The first kappa shape index (κ1) is 81.4. The molecule has 606 valence electrons. The van der Waals surface area contributed by atoms with Crippen LogP contribution >= 0.6 is 23.2 Å². The summed E-state index contributed by atoms with van der Waals surface area (Å²) in [6.45, 7) is 3.32. The summed E-state index contributed by atoms with van der Waals surface area (Å²) in [5.41, 5.74) is 3.98. The molecule has 0 aromatic heterocycles. The zero-order valence-electron chi connectivity index (χ0n) is 61.9. The van der Waals surface area contributed by atoms with Crippen molar-refractivity contribution in [3.63, 3.8) is 0 Å². The van der Waals surface area contributed by atoms with E-state index in [1.54, 1.807) is 7.05 Å². The van der Waals surface area contributed by atoms with Crippen LogP contribution in [0.25, 0.3) is 11.1 Å². The fourth-order valence-electron chi connectivity index (χ4n) is 16.3. The number of ether oxygens (including phenoxy) is 5. The third-order valence-corrected chi connectivity index (χ3v) is 22.3. The number of rotatable bonds is 16. The van der Waals surface area contributed by atoms with Crippen molar-refractivity contribution in [2.45, 2.75) is 150 Å². The Labute approximate surface area is 661 Å². The number of halogens is 2. The third kappa shape index (κ3) is 17.4. The van der Waals surface area contributed by atoms with Crippen LogP contribution in [0, 0.1) is 29.6 Å². The lowest BCUT2D eigenvalue weighted by Crippen LogP contribution is -2.60. The van der Waals surface area contributed by atoms with Crippen molar-refractivity contribution in [2.24, 2.45) is 35.3 Å². The summed E-state index contributed by atoms with van der Waals surface area (Å²) in [5, 5.41) is 123. The summed E-state index contributed by atoms with van der Waals surface area (Å²) in [6, 6.07) is 4.80. The molecule has 10 aliphatic rings. The van der Waals surface area contributed by atoms with E-state index in [0.29, 0.717) is 17.6 Å². The van der Waals surface area contributed by atoms with Gasteiger partial charge in [-0.15, -0.1) is 0 Å². The minimum atomic E-state index is -2.38. The van der Waals surface area contributed by atoms with Gasteiger partial charge < -0.3 is 118 Å². The number of nitrogens with one attached hydrogen (secondary N) is 11. The van der Waals surface area contributed by atoms with Gasteiger partial charge in [-0.05, 0) is 189 Å². The quantitative estimate of drug-likeness (QED) is 0.0619. The fourth-order valence-corrected chi connectivity index (χ4v) is 16.8. The number of hydrogen-bond donors (Lipinski definition) is 20. The molecule has 14 atom stereocenters. The second-order valence-corrected chi connectivity index (χ2v) is 30.9. The molecule has 6 aromatic rings. The molecule has 1 saturated heterocycles. The van der Waals surface area contributed by atoms with Crippen LogP contribution in [0.4, 0.5) is 10.5 Å². The van der Waals surface area contributed by atoms with Gasteiger partial charge in [-0.3, -0.25) is 49.0 Å². The number of aliphatic hydroxyl groups is 5. The highest BCUT2D eigenvalue weighted by atomic mass is 35.5. The van der Waals surface area contributed by atoms with Gasteiger partial charge in [0.1, 0.15) is 114 Å². The largest absolute Gasteiger partial charge is 0.508 e. The molecule has 10 amide bonds. The van der Waals surface area contributed by atoms with Crippen LogP contribution in [-0.2, 0) is 43.1 Å². The van der Waals surface area contributed by atoms with Gasteiger partial charge >= 0.3 is 6.03 Å². The number of amides is 10. The van der Waals surface area contributed by atoms with Crippen LogP contribution in [0.1, 0.15) is 117 Å². The zero-order valence-corrected chi connectivity index (χ0v) is 63.4. The van der Waals surface area contributed by atoms with Gasteiger partial charge in [0.15, 0.2) is 11.5 Å². The predicted molar refractivity (Wildman–Crippen MR) is 405 cm³/mol. The summed E-state index contributed by atoms with van der Waals surface area (Å²) in [6.07, 6.45) is -10.2. The molecule has 34 nitrogen and oxygen atoms in total. The SMILES string of the molecule is CNCOc1ccc(NC(=O)NC(=O)C[C@@H]2NC(=O)[C@H](NC(=O)[C@@H](CC(C)C)NC)[C@H](O)c3ccc(c(Cl)c3)Oc3cc4cc(c3O[C@@H]3O[C@H](CN)[C@@H](O)[C@H](O)[C@H]3O)Oc3ccc(cc3Cl)[C@@H](O)[C@@H]3NC(=O)[C@H](NC(=O)[C@@H]4NC2=O)c2ccc(O)c(c2)-c2c(O)cc(O)cc2[C@@H](C(=O)NC2C4CC5CC(C4)CC2C5)NC3=O)cc1. The summed E-state index contributed by atoms with van der Waals surface area (Å²) >= 11 is 14.3. The molecule has 36 heteroatoms. The minimum Gasteiger partial charge on any atom is -0.508 e. The topological polar surface area (TPSA) is 520 Å². The first-order chi connectivity index (χ1) is 54.4. The monoisotopic (exact) mass is 1610 g/mol. The van der Waals surface area contributed by atoms with Crippen molar-refractivity contribution < 1.29 is 108 Å². The molecular formula is C78H88Cl2N12O22. The number of phenolic OH excluding ortho intramolecular Hbond substituents is 3. The molecule has 0 spiro atoms. The Hall–Kier alpha value is -10.6. The second kappa shape index (κ2) is 34.2. The number of hydrogen-bond acceptors (Lipinski definition) is 25. The van der Waals surface area contributed by atoms with Crippen molar-refractivity contribution >= 4 is 82.2 Å². The highest BCUT2D eigenvalue weighted by Crippen LogP contribution is 2.55. The molecule has 0 unspecified atom stereocenters. The number of carbonyl (C=O) groups excluding carboxylic acids is 9. The average Bonchev–Trinajstić information content (AvgIpc) is 0.755. The molecule has 114 heavy (non-hydrogen) atoms. The maximum atomic E-state index is 16.4. The summed E-state index contributed by atoms with van der Waals surface area (Å²) < 4.78 is 31.1. The Morgan fingerprint density at radius 1 is 0.623 bits per heavy atom. The van der Waals surface area contributed by atoms with E-state index in [2.05, 4.69) is 58.5 Å². The molecule has 0 radical (unpaired) electrons. The van der Waals surface area contributed by atoms with E-state index >= 15 is 28.8 Å². The zero-order chi connectivity index (χ0) is 81.4. The smallest absolute Gasteiger partial charge is 0.325 e. The summed E-state index contributed by atoms with van der Waals surface area (Å²) in [7, 11) is 3.13. The maximum Gasteiger partial charge on any atom is 0.325 e. The molecule has 5 fully saturated rings. The van der Waals surface area contributed by atoms with Crippen LogP contribution in [0.15, 0.2) is 103 Å². The van der Waals surface area contributed by atoms with Crippen molar-refractivity contribution in [1.82, 2.24) is 53.2 Å². The van der Waals surface area contributed by atoms with Crippen LogP contribution in [0.5, 0.6) is 51.7 Å². The molecule has 4 saturated carbocycles. The molecule has 6 aromatic carbocycles. The first-order valence-electron chi connectivity index (χ1n) is 37.2. The first-order valence-corrected chi connectivity index (χ1v) is 37.9. The Bertz CT molecular complexity index is 4700. The Morgan fingerprint density at radius 2 is 1.24 bits per heavy atom. The number of likely N-dealkylation sites (N-methyl/N-ethyl adjacent to an activating group) is 1. The van der Waals surface area contributed by atoms with Gasteiger partial charge in [-0.25, -0.2) is 4.79 Å². The van der Waals surface area contributed by atoms with Gasteiger partial charge in [-0.1, -0.05) is 55.2 Å². The number of benzene rings is 6. The molecule has 21 N–H and O–H groups in total. The lowest BCUT2D eigenvalue weighted by Gasteiger charge is -2.54. The molecule has 4 aliphatic carbocycles. The number of nitrogens with two attached hydrogens (primary N) is 1. The molecular weight excluding hydrogens is 1530 g/mol. The molecule has 6 heterocycles. The number of urea groups is 1. The number of phenols is 3. The van der Waals surface area contributed by atoms with E-state index in [1.165, 1.54) is 55.6 Å².